The molecule has 0 saturated heterocycles. The lowest BCUT2D eigenvalue weighted by Crippen LogP contribution is -2.02. The Labute approximate surface area is 131 Å². The second-order valence-corrected chi connectivity index (χ2v) is 7.09. The Morgan fingerprint density at radius 3 is 1.68 bits per heavy atom. The number of phenols is 1. The summed E-state index contributed by atoms with van der Waals surface area (Å²) >= 11 is 0. The Morgan fingerprint density at radius 2 is 1.27 bits per heavy atom. The van der Waals surface area contributed by atoms with E-state index in [-0.39, 0.29) is 16.6 Å². The summed E-state index contributed by atoms with van der Waals surface area (Å²) in [6, 6.07) is 13.5. The summed E-state index contributed by atoms with van der Waals surface area (Å²) in [6.07, 6.45) is 0.899. The molecule has 0 bridgehead atoms. The van der Waals surface area contributed by atoms with Gasteiger partial charge in [0.15, 0.2) is 0 Å². The molecule has 118 valence electrons. The molecule has 22 heavy (non-hydrogen) atoms. The number of rotatable bonds is 5. The summed E-state index contributed by atoms with van der Waals surface area (Å²) in [6.45, 7) is 4.20. The molecule has 2 aromatic carbocycles. The molecule has 2 rings (SSSR count). The lowest BCUT2D eigenvalue weighted by molar-refractivity contribution is 0.474. The van der Waals surface area contributed by atoms with Crippen LogP contribution in [0.3, 0.4) is 0 Å². The molecule has 2 aromatic rings. The molecule has 2 unspecified atom stereocenters. The van der Waals surface area contributed by atoms with E-state index in [4.69, 9.17) is 4.55 Å². The van der Waals surface area contributed by atoms with Gasteiger partial charge in [0.2, 0.25) is 0 Å². The van der Waals surface area contributed by atoms with Crippen molar-refractivity contribution < 1.29 is 18.1 Å². The molecule has 0 spiro atoms. The summed E-state index contributed by atoms with van der Waals surface area (Å²) in [7, 11) is -4.14. The molecule has 0 aliphatic rings. The van der Waals surface area contributed by atoms with Crippen molar-refractivity contribution in [2.45, 2.75) is 37.0 Å². The van der Waals surface area contributed by atoms with Gasteiger partial charge in [0.1, 0.15) is 5.75 Å². The van der Waals surface area contributed by atoms with Crippen molar-refractivity contribution in [2.75, 3.05) is 0 Å². The molecular formula is C17H20O4S. The third-order valence-electron chi connectivity index (χ3n) is 3.92. The van der Waals surface area contributed by atoms with Gasteiger partial charge in [0.05, 0.1) is 4.90 Å². The zero-order chi connectivity index (χ0) is 16.3. The topological polar surface area (TPSA) is 74.6 Å². The smallest absolute Gasteiger partial charge is 0.294 e. The molecule has 0 aromatic heterocycles. The Kier molecular flexibility index (Phi) is 4.88. The molecule has 0 saturated carbocycles. The fraction of sp³-hybridized carbons (Fsp3) is 0.294. The van der Waals surface area contributed by atoms with Crippen LogP contribution in [0.2, 0.25) is 0 Å². The van der Waals surface area contributed by atoms with Crippen LogP contribution in [0.25, 0.3) is 0 Å². The average molecular weight is 320 g/mol. The van der Waals surface area contributed by atoms with Crippen LogP contribution in [0.1, 0.15) is 43.2 Å². The van der Waals surface area contributed by atoms with E-state index in [1.165, 1.54) is 12.1 Å². The van der Waals surface area contributed by atoms with E-state index < -0.39 is 10.1 Å². The molecular weight excluding hydrogens is 300 g/mol. The number of hydrogen-bond donors (Lipinski definition) is 2. The van der Waals surface area contributed by atoms with E-state index in [2.05, 4.69) is 13.8 Å². The quantitative estimate of drug-likeness (QED) is 0.818. The van der Waals surface area contributed by atoms with E-state index in [9.17, 15) is 13.5 Å². The molecule has 5 heteroatoms. The van der Waals surface area contributed by atoms with Crippen LogP contribution in [-0.4, -0.2) is 18.1 Å². The second-order valence-electron chi connectivity index (χ2n) is 5.67. The first kappa shape index (κ1) is 16.5. The summed E-state index contributed by atoms with van der Waals surface area (Å²) in [5, 5.41) is 9.32. The first-order valence-electron chi connectivity index (χ1n) is 7.13. The molecule has 0 amide bonds. The van der Waals surface area contributed by atoms with Gasteiger partial charge in [-0.25, -0.2) is 0 Å². The molecule has 0 heterocycles. The predicted molar refractivity (Wildman–Crippen MR) is 85.8 cm³/mol. The van der Waals surface area contributed by atoms with Gasteiger partial charge >= 0.3 is 0 Å². The third kappa shape index (κ3) is 4.08. The van der Waals surface area contributed by atoms with Crippen LogP contribution in [-0.2, 0) is 10.1 Å². The summed E-state index contributed by atoms with van der Waals surface area (Å²) in [5.41, 5.74) is 2.18. The second kappa shape index (κ2) is 6.50. The van der Waals surface area contributed by atoms with Gasteiger partial charge < -0.3 is 5.11 Å². The standard InChI is InChI=1S/C17H20O4S/c1-12(14-3-7-16(18)8-4-14)11-13(2)15-5-9-17(10-6-15)22(19,20)21/h3-10,12-13,18H,11H2,1-2H3,(H,19,20,21). The Bertz CT molecular complexity index is 718. The highest BCUT2D eigenvalue weighted by atomic mass is 32.2. The summed E-state index contributed by atoms with van der Waals surface area (Å²) in [5.74, 6) is 0.820. The zero-order valence-electron chi connectivity index (χ0n) is 12.6. The molecule has 0 fully saturated rings. The summed E-state index contributed by atoms with van der Waals surface area (Å²) in [4.78, 5) is -0.0879. The van der Waals surface area contributed by atoms with Gasteiger partial charge in [-0.15, -0.1) is 0 Å². The number of phenolic OH excluding ortho intramolecular Hbond substituents is 1. The minimum Gasteiger partial charge on any atom is -0.508 e. The maximum Gasteiger partial charge on any atom is 0.294 e. The largest absolute Gasteiger partial charge is 0.508 e. The Hall–Kier alpha value is -1.85. The first-order valence-corrected chi connectivity index (χ1v) is 8.57. The van der Waals surface area contributed by atoms with Crippen molar-refractivity contribution in [1.82, 2.24) is 0 Å². The van der Waals surface area contributed by atoms with Crippen LogP contribution in [0.5, 0.6) is 5.75 Å². The highest BCUT2D eigenvalue weighted by Crippen LogP contribution is 2.30. The minimum atomic E-state index is -4.14. The van der Waals surface area contributed by atoms with Crippen molar-refractivity contribution in [2.24, 2.45) is 0 Å². The highest BCUT2D eigenvalue weighted by Gasteiger charge is 2.14. The minimum absolute atomic E-state index is 0.0879. The van der Waals surface area contributed by atoms with Gasteiger partial charge in [-0.3, -0.25) is 4.55 Å². The molecule has 0 aliphatic carbocycles. The lowest BCUT2D eigenvalue weighted by Gasteiger charge is -2.18. The Balaban J connectivity index is 2.08. The van der Waals surface area contributed by atoms with E-state index in [1.54, 1.807) is 24.3 Å². The van der Waals surface area contributed by atoms with Gasteiger partial charge in [-0.2, -0.15) is 8.42 Å². The molecule has 0 aliphatic heterocycles. The van der Waals surface area contributed by atoms with Crippen LogP contribution in [0, 0.1) is 0 Å². The third-order valence-corrected chi connectivity index (χ3v) is 4.78. The fourth-order valence-electron chi connectivity index (χ4n) is 2.57. The van der Waals surface area contributed by atoms with E-state index >= 15 is 0 Å². The van der Waals surface area contributed by atoms with Crippen molar-refractivity contribution in [1.29, 1.82) is 0 Å². The zero-order valence-corrected chi connectivity index (χ0v) is 13.4. The maximum absolute atomic E-state index is 11.0. The van der Waals surface area contributed by atoms with Gasteiger partial charge in [0, 0.05) is 0 Å². The molecule has 2 atom stereocenters. The summed E-state index contributed by atoms with van der Waals surface area (Å²) < 4.78 is 31.1. The van der Waals surface area contributed by atoms with Crippen molar-refractivity contribution >= 4 is 10.1 Å². The van der Waals surface area contributed by atoms with Gasteiger partial charge in [-0.05, 0) is 53.6 Å². The van der Waals surface area contributed by atoms with E-state index in [1.807, 2.05) is 12.1 Å². The molecule has 4 nitrogen and oxygen atoms in total. The monoisotopic (exact) mass is 320 g/mol. The maximum atomic E-state index is 11.0. The van der Waals surface area contributed by atoms with Gasteiger partial charge in [-0.1, -0.05) is 38.1 Å². The Morgan fingerprint density at radius 1 is 0.864 bits per heavy atom. The predicted octanol–water partition coefficient (Wildman–Crippen LogP) is 3.94. The number of benzene rings is 2. The number of aromatic hydroxyl groups is 1. The fourth-order valence-corrected chi connectivity index (χ4v) is 3.05. The molecule has 2 N–H and O–H groups in total. The van der Waals surface area contributed by atoms with E-state index in [0.29, 0.717) is 5.92 Å². The van der Waals surface area contributed by atoms with Crippen molar-refractivity contribution in [3.05, 3.63) is 59.7 Å². The van der Waals surface area contributed by atoms with Crippen LogP contribution in [0.15, 0.2) is 53.4 Å². The lowest BCUT2D eigenvalue weighted by atomic mass is 9.87. The van der Waals surface area contributed by atoms with Gasteiger partial charge in [0.25, 0.3) is 10.1 Å². The van der Waals surface area contributed by atoms with Crippen molar-refractivity contribution in [3.8, 4) is 5.75 Å². The van der Waals surface area contributed by atoms with Crippen LogP contribution < -0.4 is 0 Å². The highest BCUT2D eigenvalue weighted by molar-refractivity contribution is 7.85. The van der Waals surface area contributed by atoms with E-state index in [0.717, 1.165) is 17.5 Å². The number of hydrogen-bond acceptors (Lipinski definition) is 3. The molecule has 0 radical (unpaired) electrons. The van der Waals surface area contributed by atoms with Crippen LogP contribution in [0.4, 0.5) is 0 Å². The normalized spacial score (nSPS) is 14.5. The SMILES string of the molecule is CC(CC(C)c1ccc(S(=O)(=O)O)cc1)c1ccc(O)cc1. The first-order chi connectivity index (χ1) is 10.3. The van der Waals surface area contributed by atoms with Crippen LogP contribution >= 0.6 is 0 Å². The average Bonchev–Trinajstić information content (AvgIpc) is 2.47. The van der Waals surface area contributed by atoms with Crippen molar-refractivity contribution in [3.63, 3.8) is 0 Å².